The van der Waals surface area contributed by atoms with E-state index >= 15 is 0 Å². The first-order valence-corrected chi connectivity index (χ1v) is 5.87. The Bertz CT molecular complexity index is 505. The molecular formula is C15H14N2. The number of nitrogens with zero attached hydrogens (tertiary/aromatic N) is 2. The molecule has 3 rings (SSSR count). The number of benzene rings is 2. The molecule has 0 amide bonds. The minimum Gasteiger partial charge on any atom is -0.258 e. The summed E-state index contributed by atoms with van der Waals surface area (Å²) in [6.07, 6.45) is 2.96. The van der Waals surface area contributed by atoms with E-state index in [1.165, 1.54) is 5.56 Å². The molecule has 17 heavy (non-hydrogen) atoms. The molecule has 1 atom stereocenters. The standard InChI is InChI=1S/C15H14N2/c1-3-7-13(8-4-1)15-11-12-16-17(15)14-9-5-2-6-10-14/h1-10,12,15H,11H2/t15-/m0/s1. The second kappa shape index (κ2) is 4.42. The average molecular weight is 222 g/mol. The van der Waals surface area contributed by atoms with E-state index in [2.05, 4.69) is 46.5 Å². The highest BCUT2D eigenvalue weighted by atomic mass is 15.5. The van der Waals surface area contributed by atoms with E-state index in [-0.39, 0.29) is 0 Å². The normalized spacial score (nSPS) is 18.6. The maximum Gasteiger partial charge on any atom is 0.0825 e. The van der Waals surface area contributed by atoms with E-state index in [4.69, 9.17) is 0 Å². The summed E-state index contributed by atoms with van der Waals surface area (Å²) >= 11 is 0. The largest absolute Gasteiger partial charge is 0.258 e. The zero-order valence-electron chi connectivity index (χ0n) is 9.53. The highest BCUT2D eigenvalue weighted by molar-refractivity contribution is 5.67. The van der Waals surface area contributed by atoms with Crippen molar-refractivity contribution < 1.29 is 0 Å². The van der Waals surface area contributed by atoms with Crippen LogP contribution in [0.5, 0.6) is 0 Å². The summed E-state index contributed by atoms with van der Waals surface area (Å²) in [7, 11) is 0. The topological polar surface area (TPSA) is 15.6 Å². The van der Waals surface area contributed by atoms with Gasteiger partial charge in [-0.3, -0.25) is 5.01 Å². The highest BCUT2D eigenvalue weighted by Gasteiger charge is 2.23. The van der Waals surface area contributed by atoms with Crippen molar-refractivity contribution in [2.75, 3.05) is 5.01 Å². The Balaban J connectivity index is 1.93. The summed E-state index contributed by atoms with van der Waals surface area (Å²) < 4.78 is 0. The van der Waals surface area contributed by atoms with Gasteiger partial charge in [0.2, 0.25) is 0 Å². The molecule has 0 aliphatic carbocycles. The maximum atomic E-state index is 4.47. The van der Waals surface area contributed by atoms with Gasteiger partial charge >= 0.3 is 0 Å². The molecule has 0 saturated heterocycles. The summed E-state index contributed by atoms with van der Waals surface area (Å²) in [6.45, 7) is 0. The molecule has 2 aromatic carbocycles. The van der Waals surface area contributed by atoms with Crippen molar-refractivity contribution in [1.82, 2.24) is 0 Å². The molecule has 0 spiro atoms. The summed E-state index contributed by atoms with van der Waals surface area (Å²) in [6, 6.07) is 21.2. The molecule has 2 nitrogen and oxygen atoms in total. The number of rotatable bonds is 2. The van der Waals surface area contributed by atoms with Crippen LogP contribution >= 0.6 is 0 Å². The van der Waals surface area contributed by atoms with Gasteiger partial charge in [-0.2, -0.15) is 5.10 Å². The zero-order chi connectivity index (χ0) is 11.5. The number of hydrogen-bond donors (Lipinski definition) is 0. The van der Waals surface area contributed by atoms with Crippen molar-refractivity contribution >= 4 is 11.9 Å². The van der Waals surface area contributed by atoms with Gasteiger partial charge in [-0.25, -0.2) is 0 Å². The van der Waals surface area contributed by atoms with Crippen LogP contribution in [0.4, 0.5) is 5.69 Å². The first-order chi connectivity index (χ1) is 8.45. The third-order valence-corrected chi connectivity index (χ3v) is 3.04. The second-order valence-corrected chi connectivity index (χ2v) is 4.14. The van der Waals surface area contributed by atoms with Gasteiger partial charge in [-0.15, -0.1) is 0 Å². The Morgan fingerprint density at radius 3 is 2.24 bits per heavy atom. The quantitative estimate of drug-likeness (QED) is 0.757. The van der Waals surface area contributed by atoms with E-state index in [9.17, 15) is 0 Å². The third kappa shape index (κ3) is 1.94. The average Bonchev–Trinajstić information content (AvgIpc) is 2.90. The van der Waals surface area contributed by atoms with Crippen LogP contribution in [0.15, 0.2) is 65.8 Å². The summed E-state index contributed by atoms with van der Waals surface area (Å²) in [5.41, 5.74) is 2.46. The molecule has 0 saturated carbocycles. The number of anilines is 1. The van der Waals surface area contributed by atoms with Gasteiger partial charge in [0.1, 0.15) is 0 Å². The Hall–Kier alpha value is -2.09. The Morgan fingerprint density at radius 2 is 1.53 bits per heavy atom. The Morgan fingerprint density at radius 1 is 0.882 bits per heavy atom. The lowest BCUT2D eigenvalue weighted by Crippen LogP contribution is -2.18. The first-order valence-electron chi connectivity index (χ1n) is 5.87. The summed E-state index contributed by atoms with van der Waals surface area (Å²) in [4.78, 5) is 0. The van der Waals surface area contributed by atoms with E-state index in [1.807, 2.05) is 30.5 Å². The number of hydrazone groups is 1. The van der Waals surface area contributed by atoms with Crippen LogP contribution in [0.3, 0.4) is 0 Å². The van der Waals surface area contributed by atoms with Crippen LogP contribution < -0.4 is 5.01 Å². The fourth-order valence-electron chi connectivity index (χ4n) is 2.20. The van der Waals surface area contributed by atoms with Crippen LogP contribution in [0.2, 0.25) is 0 Å². The van der Waals surface area contributed by atoms with Gasteiger partial charge in [0, 0.05) is 12.6 Å². The molecule has 2 aromatic rings. The van der Waals surface area contributed by atoms with Crippen molar-refractivity contribution in [1.29, 1.82) is 0 Å². The lowest BCUT2D eigenvalue weighted by Gasteiger charge is -2.24. The highest BCUT2D eigenvalue weighted by Crippen LogP contribution is 2.32. The number of hydrogen-bond acceptors (Lipinski definition) is 2. The summed E-state index contributed by atoms with van der Waals surface area (Å²) in [5.74, 6) is 0. The predicted molar refractivity (Wildman–Crippen MR) is 71.2 cm³/mol. The van der Waals surface area contributed by atoms with E-state index in [0.717, 1.165) is 12.1 Å². The van der Waals surface area contributed by atoms with Gasteiger partial charge in [0.25, 0.3) is 0 Å². The molecule has 0 unspecified atom stereocenters. The lowest BCUT2D eigenvalue weighted by atomic mass is 10.0. The van der Waals surface area contributed by atoms with Gasteiger partial charge in [0.15, 0.2) is 0 Å². The van der Waals surface area contributed by atoms with Gasteiger partial charge in [-0.05, 0) is 17.7 Å². The predicted octanol–water partition coefficient (Wildman–Crippen LogP) is 3.62. The SMILES string of the molecule is C1=NN(c2ccccc2)[C@H](c2ccccc2)C1. The Labute approximate surface area is 101 Å². The van der Waals surface area contributed by atoms with E-state index in [0.29, 0.717) is 6.04 Å². The fraction of sp³-hybridized carbons (Fsp3) is 0.133. The lowest BCUT2D eigenvalue weighted by molar-refractivity contribution is 0.710. The molecule has 1 aliphatic rings. The van der Waals surface area contributed by atoms with E-state index in [1.54, 1.807) is 0 Å². The van der Waals surface area contributed by atoms with Gasteiger partial charge in [0.05, 0.1) is 11.7 Å². The Kier molecular flexibility index (Phi) is 2.62. The molecule has 2 heteroatoms. The van der Waals surface area contributed by atoms with Crippen molar-refractivity contribution in [2.24, 2.45) is 5.10 Å². The van der Waals surface area contributed by atoms with Crippen molar-refractivity contribution in [3.8, 4) is 0 Å². The molecule has 1 aliphatic heterocycles. The molecule has 0 bridgehead atoms. The molecule has 0 N–H and O–H groups in total. The smallest absolute Gasteiger partial charge is 0.0825 e. The van der Waals surface area contributed by atoms with Crippen LogP contribution in [0, 0.1) is 0 Å². The molecule has 0 fully saturated rings. The maximum absolute atomic E-state index is 4.47. The van der Waals surface area contributed by atoms with Crippen molar-refractivity contribution in [3.05, 3.63) is 66.2 Å². The van der Waals surface area contributed by atoms with Crippen LogP contribution in [0.1, 0.15) is 18.0 Å². The van der Waals surface area contributed by atoms with Gasteiger partial charge < -0.3 is 0 Å². The minimum atomic E-state index is 0.332. The summed E-state index contributed by atoms with van der Waals surface area (Å²) in [5, 5.41) is 6.56. The van der Waals surface area contributed by atoms with Crippen LogP contribution in [-0.4, -0.2) is 6.21 Å². The second-order valence-electron chi connectivity index (χ2n) is 4.14. The minimum absolute atomic E-state index is 0.332. The monoisotopic (exact) mass is 222 g/mol. The van der Waals surface area contributed by atoms with Crippen molar-refractivity contribution in [3.63, 3.8) is 0 Å². The third-order valence-electron chi connectivity index (χ3n) is 3.04. The number of para-hydroxylation sites is 1. The fourth-order valence-corrected chi connectivity index (χ4v) is 2.20. The molecule has 0 radical (unpaired) electrons. The van der Waals surface area contributed by atoms with Gasteiger partial charge in [-0.1, -0.05) is 48.5 Å². The van der Waals surface area contributed by atoms with E-state index < -0.39 is 0 Å². The zero-order valence-corrected chi connectivity index (χ0v) is 9.53. The molecular weight excluding hydrogens is 208 g/mol. The van der Waals surface area contributed by atoms with Crippen molar-refractivity contribution in [2.45, 2.75) is 12.5 Å². The molecule has 84 valence electrons. The molecule has 0 aromatic heterocycles. The van der Waals surface area contributed by atoms with Crippen LogP contribution in [0.25, 0.3) is 0 Å². The van der Waals surface area contributed by atoms with Crippen LogP contribution in [-0.2, 0) is 0 Å². The first kappa shape index (κ1) is 10.1. The molecule has 1 heterocycles.